The number of hydrogen-bond donors (Lipinski definition) is 1. The normalized spacial score (nSPS) is 29.8. The van der Waals surface area contributed by atoms with Crippen molar-refractivity contribution in [2.45, 2.75) is 31.6 Å². The third kappa shape index (κ3) is 2.32. The highest BCUT2D eigenvalue weighted by Gasteiger charge is 2.43. The lowest BCUT2D eigenvalue weighted by Crippen LogP contribution is -2.44. The summed E-state index contributed by atoms with van der Waals surface area (Å²) in [4.78, 5) is 2.48. The number of aryl methyl sites for hydroxylation is 1. The zero-order valence-corrected chi connectivity index (χ0v) is 12.3. The SMILES string of the molecule is Cc1ccccc1C1(C2CCN(C)CC2)CCNC1. The third-order valence-corrected chi connectivity index (χ3v) is 5.37. The van der Waals surface area contributed by atoms with E-state index in [4.69, 9.17) is 0 Å². The molecule has 0 spiro atoms. The van der Waals surface area contributed by atoms with Crippen molar-refractivity contribution in [2.24, 2.45) is 5.92 Å². The van der Waals surface area contributed by atoms with E-state index in [1.54, 1.807) is 5.56 Å². The molecule has 1 unspecified atom stereocenters. The van der Waals surface area contributed by atoms with Gasteiger partial charge in [0.15, 0.2) is 0 Å². The van der Waals surface area contributed by atoms with Gasteiger partial charge in [0.25, 0.3) is 0 Å². The zero-order valence-electron chi connectivity index (χ0n) is 12.3. The number of nitrogens with one attached hydrogen (secondary N) is 1. The first-order valence-corrected chi connectivity index (χ1v) is 7.68. The Morgan fingerprint density at radius 1 is 1.21 bits per heavy atom. The quantitative estimate of drug-likeness (QED) is 0.877. The van der Waals surface area contributed by atoms with Crippen LogP contribution in [0.1, 0.15) is 30.4 Å². The summed E-state index contributed by atoms with van der Waals surface area (Å²) in [6.07, 6.45) is 4.02. The molecule has 1 aromatic carbocycles. The highest BCUT2D eigenvalue weighted by atomic mass is 15.1. The van der Waals surface area contributed by atoms with Crippen LogP contribution in [0.25, 0.3) is 0 Å². The Labute approximate surface area is 117 Å². The van der Waals surface area contributed by atoms with Crippen LogP contribution in [0.3, 0.4) is 0 Å². The fourth-order valence-corrected chi connectivity index (χ4v) is 4.20. The standard InChI is InChI=1S/C17H26N2/c1-14-5-3-4-6-16(14)17(9-10-18-13-17)15-7-11-19(2)12-8-15/h3-6,15,18H,7-13H2,1-2H3. The van der Waals surface area contributed by atoms with Gasteiger partial charge in [-0.1, -0.05) is 24.3 Å². The molecule has 0 amide bonds. The Morgan fingerprint density at radius 3 is 2.58 bits per heavy atom. The lowest BCUT2D eigenvalue weighted by atomic mass is 9.65. The minimum Gasteiger partial charge on any atom is -0.316 e. The molecule has 2 nitrogen and oxygen atoms in total. The van der Waals surface area contributed by atoms with Crippen LogP contribution in [0.4, 0.5) is 0 Å². The van der Waals surface area contributed by atoms with Crippen LogP contribution in [0, 0.1) is 12.8 Å². The molecule has 2 saturated heterocycles. The van der Waals surface area contributed by atoms with E-state index in [-0.39, 0.29) is 0 Å². The molecule has 2 aliphatic heterocycles. The summed E-state index contributed by atoms with van der Waals surface area (Å²) in [6, 6.07) is 9.05. The minimum atomic E-state index is 0.395. The Hall–Kier alpha value is -0.860. The molecule has 2 heterocycles. The van der Waals surface area contributed by atoms with Crippen molar-refractivity contribution in [1.82, 2.24) is 10.2 Å². The molecule has 0 radical (unpaired) electrons. The largest absolute Gasteiger partial charge is 0.316 e. The molecular formula is C17H26N2. The molecule has 2 fully saturated rings. The van der Waals surface area contributed by atoms with Gasteiger partial charge in [-0.3, -0.25) is 0 Å². The molecule has 0 aromatic heterocycles. The van der Waals surface area contributed by atoms with Crippen molar-refractivity contribution in [3.05, 3.63) is 35.4 Å². The van der Waals surface area contributed by atoms with Crippen molar-refractivity contribution < 1.29 is 0 Å². The number of hydrogen-bond acceptors (Lipinski definition) is 2. The van der Waals surface area contributed by atoms with E-state index < -0.39 is 0 Å². The highest BCUT2D eigenvalue weighted by molar-refractivity contribution is 5.36. The number of likely N-dealkylation sites (tertiary alicyclic amines) is 1. The zero-order chi connectivity index (χ0) is 13.3. The number of benzene rings is 1. The third-order valence-electron chi connectivity index (χ3n) is 5.37. The Bertz CT molecular complexity index is 427. The van der Waals surface area contributed by atoms with Gasteiger partial charge in [0, 0.05) is 12.0 Å². The van der Waals surface area contributed by atoms with Crippen molar-refractivity contribution in [1.29, 1.82) is 0 Å². The van der Waals surface area contributed by atoms with Gasteiger partial charge in [0.1, 0.15) is 0 Å². The van der Waals surface area contributed by atoms with Gasteiger partial charge in [0.2, 0.25) is 0 Å². The number of rotatable bonds is 2. The average Bonchev–Trinajstić information content (AvgIpc) is 2.90. The smallest absolute Gasteiger partial charge is 0.0122 e. The van der Waals surface area contributed by atoms with Crippen LogP contribution in [0.5, 0.6) is 0 Å². The summed E-state index contributed by atoms with van der Waals surface area (Å²) < 4.78 is 0. The van der Waals surface area contributed by atoms with E-state index in [1.165, 1.54) is 51.0 Å². The summed E-state index contributed by atoms with van der Waals surface area (Å²) in [5.74, 6) is 0.847. The molecule has 1 N–H and O–H groups in total. The first-order valence-electron chi connectivity index (χ1n) is 7.68. The van der Waals surface area contributed by atoms with Crippen LogP contribution in [0.15, 0.2) is 24.3 Å². The van der Waals surface area contributed by atoms with Crippen molar-refractivity contribution in [3.8, 4) is 0 Å². The Kier molecular flexibility index (Phi) is 3.64. The molecule has 1 aromatic rings. The number of nitrogens with zero attached hydrogens (tertiary/aromatic N) is 1. The fraction of sp³-hybridized carbons (Fsp3) is 0.647. The highest BCUT2D eigenvalue weighted by Crippen LogP contribution is 2.44. The summed E-state index contributed by atoms with van der Waals surface area (Å²) in [5, 5.41) is 3.63. The van der Waals surface area contributed by atoms with Gasteiger partial charge in [-0.05, 0) is 69.9 Å². The molecule has 0 bridgehead atoms. The monoisotopic (exact) mass is 258 g/mol. The second kappa shape index (κ2) is 5.26. The molecule has 0 saturated carbocycles. The van der Waals surface area contributed by atoms with E-state index in [0.29, 0.717) is 5.41 Å². The van der Waals surface area contributed by atoms with Crippen molar-refractivity contribution >= 4 is 0 Å². The van der Waals surface area contributed by atoms with E-state index in [9.17, 15) is 0 Å². The van der Waals surface area contributed by atoms with Gasteiger partial charge >= 0.3 is 0 Å². The molecular weight excluding hydrogens is 232 g/mol. The fourth-order valence-electron chi connectivity index (χ4n) is 4.20. The average molecular weight is 258 g/mol. The van der Waals surface area contributed by atoms with Crippen LogP contribution in [-0.4, -0.2) is 38.1 Å². The predicted molar refractivity (Wildman–Crippen MR) is 80.6 cm³/mol. The summed E-state index contributed by atoms with van der Waals surface area (Å²) in [6.45, 7) is 7.16. The second-order valence-corrected chi connectivity index (χ2v) is 6.48. The summed E-state index contributed by atoms with van der Waals surface area (Å²) >= 11 is 0. The van der Waals surface area contributed by atoms with Gasteiger partial charge in [0.05, 0.1) is 0 Å². The van der Waals surface area contributed by atoms with Crippen LogP contribution in [-0.2, 0) is 5.41 Å². The van der Waals surface area contributed by atoms with Gasteiger partial charge in [-0.2, -0.15) is 0 Å². The van der Waals surface area contributed by atoms with Gasteiger partial charge < -0.3 is 10.2 Å². The number of piperidine rings is 1. The van der Waals surface area contributed by atoms with E-state index in [1.807, 2.05) is 0 Å². The van der Waals surface area contributed by atoms with Gasteiger partial charge in [-0.25, -0.2) is 0 Å². The molecule has 19 heavy (non-hydrogen) atoms. The van der Waals surface area contributed by atoms with Crippen LogP contribution in [0.2, 0.25) is 0 Å². The van der Waals surface area contributed by atoms with E-state index in [2.05, 4.69) is 48.5 Å². The van der Waals surface area contributed by atoms with Crippen LogP contribution >= 0.6 is 0 Å². The molecule has 0 aliphatic carbocycles. The Morgan fingerprint density at radius 2 is 1.95 bits per heavy atom. The summed E-state index contributed by atoms with van der Waals surface area (Å²) in [5.41, 5.74) is 3.48. The molecule has 1 atom stereocenters. The van der Waals surface area contributed by atoms with Crippen molar-refractivity contribution in [2.75, 3.05) is 33.2 Å². The molecule has 2 heteroatoms. The first kappa shape index (κ1) is 13.1. The maximum atomic E-state index is 3.63. The minimum absolute atomic E-state index is 0.395. The maximum absolute atomic E-state index is 3.63. The van der Waals surface area contributed by atoms with E-state index >= 15 is 0 Å². The lowest BCUT2D eigenvalue weighted by Gasteiger charge is -2.42. The molecule has 104 valence electrons. The van der Waals surface area contributed by atoms with Crippen LogP contribution < -0.4 is 5.32 Å². The predicted octanol–water partition coefficient (Wildman–Crippen LogP) is 2.57. The first-order chi connectivity index (χ1) is 9.22. The van der Waals surface area contributed by atoms with Gasteiger partial charge in [-0.15, -0.1) is 0 Å². The molecule has 3 rings (SSSR count). The summed E-state index contributed by atoms with van der Waals surface area (Å²) in [7, 11) is 2.25. The van der Waals surface area contributed by atoms with Crippen molar-refractivity contribution in [3.63, 3.8) is 0 Å². The topological polar surface area (TPSA) is 15.3 Å². The second-order valence-electron chi connectivity index (χ2n) is 6.48. The maximum Gasteiger partial charge on any atom is 0.0122 e. The lowest BCUT2D eigenvalue weighted by molar-refractivity contribution is 0.153. The van der Waals surface area contributed by atoms with E-state index in [0.717, 1.165) is 5.92 Å². The Balaban J connectivity index is 1.93. The molecule has 2 aliphatic rings.